The molecule has 178 valence electrons. The Kier molecular flexibility index (Phi) is 10.3. The molecule has 1 aromatic heterocycles. The quantitative estimate of drug-likeness (QED) is 0.324. The van der Waals surface area contributed by atoms with Crippen LogP contribution >= 0.6 is 47.1 Å². The molecule has 1 fully saturated rings. The van der Waals surface area contributed by atoms with E-state index in [0.717, 1.165) is 75.9 Å². The number of morpholine rings is 1. The maximum atomic E-state index is 13.3. The van der Waals surface area contributed by atoms with E-state index in [4.69, 9.17) is 21.3 Å². The van der Waals surface area contributed by atoms with Gasteiger partial charge in [-0.25, -0.2) is 4.98 Å². The van der Waals surface area contributed by atoms with E-state index in [1.807, 2.05) is 35.2 Å². The average molecular weight is 527 g/mol. The second-order valence-electron chi connectivity index (χ2n) is 7.82. The molecule has 0 saturated carbocycles. The fraction of sp³-hybridized carbons (Fsp3) is 0.417. The minimum atomic E-state index is 0. The van der Waals surface area contributed by atoms with Gasteiger partial charge in [0, 0.05) is 48.3 Å². The molecule has 0 radical (unpaired) electrons. The number of amides is 1. The highest BCUT2D eigenvalue weighted by Crippen LogP contribution is 2.31. The van der Waals surface area contributed by atoms with Crippen LogP contribution < -0.4 is 4.90 Å². The molecule has 9 heteroatoms. The van der Waals surface area contributed by atoms with Crippen molar-refractivity contribution in [3.05, 3.63) is 53.1 Å². The lowest BCUT2D eigenvalue weighted by Gasteiger charge is -2.27. The molecule has 4 rings (SSSR count). The van der Waals surface area contributed by atoms with E-state index in [-0.39, 0.29) is 18.3 Å². The molecule has 0 spiro atoms. The molecule has 0 atom stereocenters. The van der Waals surface area contributed by atoms with Crippen molar-refractivity contribution >= 4 is 68.4 Å². The van der Waals surface area contributed by atoms with Crippen LogP contribution in [-0.2, 0) is 9.53 Å². The number of benzene rings is 2. The molecule has 3 aromatic rings. The molecule has 0 aliphatic carbocycles. The molecule has 1 aliphatic rings. The zero-order chi connectivity index (χ0) is 22.3. The number of halogens is 2. The van der Waals surface area contributed by atoms with Gasteiger partial charge in [-0.15, -0.1) is 24.2 Å². The number of aryl methyl sites for hydroxylation is 1. The number of ether oxygens (including phenoxy) is 1. The van der Waals surface area contributed by atoms with E-state index < -0.39 is 0 Å². The van der Waals surface area contributed by atoms with Gasteiger partial charge in [0.2, 0.25) is 5.91 Å². The van der Waals surface area contributed by atoms with Gasteiger partial charge in [-0.3, -0.25) is 14.6 Å². The van der Waals surface area contributed by atoms with Crippen LogP contribution in [0.1, 0.15) is 18.4 Å². The first-order valence-corrected chi connectivity index (χ1v) is 13.1. The van der Waals surface area contributed by atoms with Crippen molar-refractivity contribution in [2.75, 3.05) is 50.0 Å². The largest absolute Gasteiger partial charge is 0.379 e. The number of hydrogen-bond donors (Lipinski definition) is 0. The monoisotopic (exact) mass is 525 g/mol. The Bertz CT molecular complexity index is 1040. The minimum absolute atomic E-state index is 0. The van der Waals surface area contributed by atoms with Crippen molar-refractivity contribution in [3.63, 3.8) is 0 Å². The standard InChI is InChI=1S/C24H28ClN3O2S2.ClH/c1-18-4-2-5-21-23(18)26-24(32-21)28(12-3-11-27-13-15-30-16-14-27)22(29)10-17-31-20-8-6-19(25)7-9-20;/h2,4-9H,3,10-17H2,1H3;1H. The number of fused-ring (bicyclic) bond motifs is 1. The van der Waals surface area contributed by atoms with Crippen LogP contribution in [0.15, 0.2) is 47.4 Å². The summed E-state index contributed by atoms with van der Waals surface area (Å²) in [4.78, 5) is 23.5. The van der Waals surface area contributed by atoms with Crippen LogP contribution in [-0.4, -0.2) is 60.9 Å². The lowest BCUT2D eigenvalue weighted by molar-refractivity contribution is -0.118. The van der Waals surface area contributed by atoms with Crippen LogP contribution in [0.5, 0.6) is 0 Å². The van der Waals surface area contributed by atoms with E-state index in [1.165, 1.54) is 0 Å². The number of thiazole rings is 1. The number of para-hydroxylation sites is 1. The molecule has 2 heterocycles. The minimum Gasteiger partial charge on any atom is -0.379 e. The van der Waals surface area contributed by atoms with Gasteiger partial charge in [-0.1, -0.05) is 35.1 Å². The van der Waals surface area contributed by atoms with Crippen LogP contribution in [0.25, 0.3) is 10.2 Å². The molecule has 0 bridgehead atoms. The van der Waals surface area contributed by atoms with Gasteiger partial charge < -0.3 is 4.74 Å². The van der Waals surface area contributed by atoms with Crippen molar-refractivity contribution in [2.24, 2.45) is 0 Å². The molecular weight excluding hydrogens is 497 g/mol. The Hall–Kier alpha value is -1.35. The van der Waals surface area contributed by atoms with Crippen molar-refractivity contribution in [1.82, 2.24) is 9.88 Å². The van der Waals surface area contributed by atoms with Crippen LogP contribution in [0.4, 0.5) is 5.13 Å². The smallest absolute Gasteiger partial charge is 0.229 e. The maximum Gasteiger partial charge on any atom is 0.229 e. The van der Waals surface area contributed by atoms with E-state index in [2.05, 4.69) is 24.0 Å². The Morgan fingerprint density at radius 2 is 1.97 bits per heavy atom. The van der Waals surface area contributed by atoms with Gasteiger partial charge in [0.1, 0.15) is 0 Å². The number of nitrogens with zero attached hydrogens (tertiary/aromatic N) is 3. The lowest BCUT2D eigenvalue weighted by atomic mass is 10.2. The molecular formula is C24H29Cl2N3O2S2. The first-order valence-electron chi connectivity index (χ1n) is 10.9. The number of hydrogen-bond acceptors (Lipinski definition) is 6. The maximum absolute atomic E-state index is 13.3. The Morgan fingerprint density at radius 1 is 1.21 bits per heavy atom. The number of aromatic nitrogens is 1. The van der Waals surface area contributed by atoms with Crippen LogP contribution in [0, 0.1) is 6.92 Å². The van der Waals surface area contributed by atoms with Gasteiger partial charge in [-0.2, -0.15) is 0 Å². The summed E-state index contributed by atoms with van der Waals surface area (Å²) in [5, 5.41) is 1.53. The molecule has 1 saturated heterocycles. The third kappa shape index (κ3) is 7.31. The fourth-order valence-corrected chi connectivity index (χ4v) is 5.77. The third-order valence-corrected chi connectivity index (χ3v) is 7.81. The van der Waals surface area contributed by atoms with E-state index in [0.29, 0.717) is 13.0 Å². The summed E-state index contributed by atoms with van der Waals surface area (Å²) in [6.45, 7) is 7.23. The molecule has 5 nitrogen and oxygen atoms in total. The highest BCUT2D eigenvalue weighted by atomic mass is 35.5. The Balaban J connectivity index is 0.00000306. The number of anilines is 1. The summed E-state index contributed by atoms with van der Waals surface area (Å²) in [6.07, 6.45) is 1.39. The van der Waals surface area contributed by atoms with E-state index >= 15 is 0 Å². The number of carbonyl (C=O) groups excluding carboxylic acids is 1. The fourth-order valence-electron chi connectivity index (χ4n) is 3.72. The lowest BCUT2D eigenvalue weighted by Crippen LogP contribution is -2.39. The Labute approximate surface area is 214 Å². The summed E-state index contributed by atoms with van der Waals surface area (Å²) in [7, 11) is 0. The normalized spacial score (nSPS) is 14.2. The topological polar surface area (TPSA) is 45.7 Å². The van der Waals surface area contributed by atoms with Gasteiger partial charge in [0.15, 0.2) is 5.13 Å². The van der Waals surface area contributed by atoms with Gasteiger partial charge in [0.05, 0.1) is 23.4 Å². The zero-order valence-electron chi connectivity index (χ0n) is 18.7. The zero-order valence-corrected chi connectivity index (χ0v) is 21.9. The first-order chi connectivity index (χ1) is 15.6. The van der Waals surface area contributed by atoms with E-state index in [9.17, 15) is 4.79 Å². The predicted molar refractivity (Wildman–Crippen MR) is 143 cm³/mol. The first kappa shape index (κ1) is 26.3. The third-order valence-electron chi connectivity index (χ3n) is 5.50. The molecule has 0 N–H and O–H groups in total. The molecule has 2 aromatic carbocycles. The van der Waals surface area contributed by atoms with Crippen molar-refractivity contribution in [1.29, 1.82) is 0 Å². The summed E-state index contributed by atoms with van der Waals surface area (Å²) in [6, 6.07) is 13.9. The van der Waals surface area contributed by atoms with Gasteiger partial charge >= 0.3 is 0 Å². The summed E-state index contributed by atoms with van der Waals surface area (Å²) >= 11 is 9.25. The van der Waals surface area contributed by atoms with Crippen molar-refractivity contribution < 1.29 is 9.53 Å². The molecule has 0 unspecified atom stereocenters. The second kappa shape index (κ2) is 12.9. The predicted octanol–water partition coefficient (Wildman–Crippen LogP) is 5.92. The number of thioether (sulfide) groups is 1. The molecule has 1 amide bonds. The summed E-state index contributed by atoms with van der Waals surface area (Å²) < 4.78 is 6.57. The Morgan fingerprint density at radius 3 is 2.70 bits per heavy atom. The SMILES string of the molecule is Cc1cccc2sc(N(CCCN3CCOCC3)C(=O)CCSc3ccc(Cl)cc3)nc12.Cl. The highest BCUT2D eigenvalue weighted by Gasteiger charge is 2.21. The van der Waals surface area contributed by atoms with Crippen molar-refractivity contribution in [3.8, 4) is 0 Å². The van der Waals surface area contributed by atoms with Gasteiger partial charge in [0.25, 0.3) is 0 Å². The summed E-state index contributed by atoms with van der Waals surface area (Å²) in [5.74, 6) is 0.856. The average Bonchev–Trinajstić information content (AvgIpc) is 3.24. The molecule has 33 heavy (non-hydrogen) atoms. The second-order valence-corrected chi connectivity index (χ2v) is 10.4. The van der Waals surface area contributed by atoms with Crippen LogP contribution in [0.3, 0.4) is 0 Å². The number of carbonyl (C=O) groups is 1. The molecule has 1 aliphatic heterocycles. The van der Waals surface area contributed by atoms with Gasteiger partial charge in [-0.05, 0) is 49.2 Å². The van der Waals surface area contributed by atoms with Crippen LogP contribution in [0.2, 0.25) is 5.02 Å². The highest BCUT2D eigenvalue weighted by molar-refractivity contribution is 7.99. The summed E-state index contributed by atoms with van der Waals surface area (Å²) in [5.41, 5.74) is 2.14. The number of rotatable bonds is 9. The van der Waals surface area contributed by atoms with E-state index in [1.54, 1.807) is 23.1 Å². The van der Waals surface area contributed by atoms with Crippen molar-refractivity contribution in [2.45, 2.75) is 24.7 Å².